The number of carbonyl (C=O) groups is 1. The third kappa shape index (κ3) is 2.93. The summed E-state index contributed by atoms with van der Waals surface area (Å²) in [6, 6.07) is 15.8. The summed E-state index contributed by atoms with van der Waals surface area (Å²) in [5.74, 6) is 0.0957. The number of Topliss-reactive ketones (excluding diaryl/α,β-unsaturated/α-hetero) is 1. The zero-order chi connectivity index (χ0) is 12.3. The molecule has 0 saturated carbocycles. The molecule has 0 amide bonds. The first-order chi connectivity index (χ1) is 8.20. The summed E-state index contributed by atoms with van der Waals surface area (Å²) in [5.41, 5.74) is 3.01. The lowest BCUT2D eigenvalue weighted by molar-refractivity contribution is 0.101. The molecule has 2 aromatic carbocycles. The highest BCUT2D eigenvalue weighted by Gasteiger charge is 2.01. The quantitative estimate of drug-likeness (QED) is 0.497. The van der Waals surface area contributed by atoms with Crippen LogP contribution >= 0.6 is 22.5 Å². The minimum Gasteiger partial charge on any atom is -0.295 e. The molecule has 0 saturated heterocycles. The number of thiol groups is 1. The summed E-state index contributed by atoms with van der Waals surface area (Å²) in [7, 11) is 1.43. The van der Waals surface area contributed by atoms with Crippen LogP contribution in [-0.2, 0) is 0 Å². The molecular formula is C14H12OS2. The summed E-state index contributed by atoms with van der Waals surface area (Å²) in [6.45, 7) is 1.58. The van der Waals surface area contributed by atoms with E-state index in [4.69, 9.17) is 0 Å². The maximum absolute atomic E-state index is 11.2. The fourth-order valence-corrected chi connectivity index (χ4v) is 2.23. The maximum atomic E-state index is 11.2. The molecular weight excluding hydrogens is 248 g/mol. The van der Waals surface area contributed by atoms with Gasteiger partial charge in [0.05, 0.1) is 0 Å². The monoisotopic (exact) mass is 260 g/mol. The van der Waals surface area contributed by atoms with Crippen molar-refractivity contribution in [1.82, 2.24) is 0 Å². The van der Waals surface area contributed by atoms with Crippen LogP contribution in [-0.4, -0.2) is 5.78 Å². The Morgan fingerprint density at radius 2 is 1.41 bits per heavy atom. The van der Waals surface area contributed by atoms with Gasteiger partial charge in [0.25, 0.3) is 0 Å². The molecule has 0 aliphatic heterocycles. The van der Waals surface area contributed by atoms with Crippen LogP contribution in [0.4, 0.5) is 0 Å². The van der Waals surface area contributed by atoms with Gasteiger partial charge in [-0.05, 0) is 30.2 Å². The van der Waals surface area contributed by atoms with Crippen molar-refractivity contribution in [2.24, 2.45) is 0 Å². The number of hydrogen-bond acceptors (Lipinski definition) is 3. The standard InChI is InChI=1S/C14H12OS2/c1-10(15)11-2-4-12(5-3-11)13-6-8-14(17-16)9-7-13/h2-9,16H,1H3. The van der Waals surface area contributed by atoms with Crippen molar-refractivity contribution in [1.29, 1.82) is 0 Å². The maximum Gasteiger partial charge on any atom is 0.159 e. The molecule has 17 heavy (non-hydrogen) atoms. The third-order valence-electron chi connectivity index (χ3n) is 2.58. The van der Waals surface area contributed by atoms with Crippen LogP contribution in [0.15, 0.2) is 53.4 Å². The van der Waals surface area contributed by atoms with Crippen LogP contribution in [0.5, 0.6) is 0 Å². The molecule has 0 spiro atoms. The average Bonchev–Trinajstić information content (AvgIpc) is 2.39. The predicted molar refractivity (Wildman–Crippen MR) is 76.7 cm³/mol. The number of benzene rings is 2. The Morgan fingerprint density at radius 3 is 1.82 bits per heavy atom. The van der Waals surface area contributed by atoms with Crippen molar-refractivity contribution in [3.05, 3.63) is 54.1 Å². The van der Waals surface area contributed by atoms with E-state index in [-0.39, 0.29) is 5.78 Å². The first-order valence-corrected chi connectivity index (χ1v) is 7.10. The molecule has 2 rings (SSSR count). The zero-order valence-corrected chi connectivity index (χ0v) is 11.1. The Bertz CT molecular complexity index is 515. The van der Waals surface area contributed by atoms with E-state index in [1.165, 1.54) is 10.8 Å². The summed E-state index contributed by atoms with van der Waals surface area (Å²) >= 11 is 4.15. The Morgan fingerprint density at radius 1 is 0.941 bits per heavy atom. The lowest BCUT2D eigenvalue weighted by atomic mass is 10.0. The molecule has 0 aromatic heterocycles. The molecule has 0 atom stereocenters. The van der Waals surface area contributed by atoms with E-state index in [9.17, 15) is 4.79 Å². The van der Waals surface area contributed by atoms with Gasteiger partial charge in [-0.2, -0.15) is 0 Å². The highest BCUT2D eigenvalue weighted by molar-refractivity contribution is 8.68. The van der Waals surface area contributed by atoms with E-state index < -0.39 is 0 Å². The van der Waals surface area contributed by atoms with Gasteiger partial charge in [0.15, 0.2) is 5.78 Å². The van der Waals surface area contributed by atoms with E-state index in [1.54, 1.807) is 6.92 Å². The Hall–Kier alpha value is -1.19. The van der Waals surface area contributed by atoms with Gasteiger partial charge in [-0.15, -0.1) is 11.7 Å². The van der Waals surface area contributed by atoms with Gasteiger partial charge in [0, 0.05) is 10.5 Å². The van der Waals surface area contributed by atoms with Gasteiger partial charge in [0.1, 0.15) is 0 Å². The number of rotatable bonds is 3. The highest BCUT2D eigenvalue weighted by atomic mass is 33.1. The van der Waals surface area contributed by atoms with Gasteiger partial charge >= 0.3 is 0 Å². The Kier molecular flexibility index (Phi) is 3.92. The SMILES string of the molecule is CC(=O)c1ccc(-c2ccc(SS)cc2)cc1. The van der Waals surface area contributed by atoms with Crippen molar-refractivity contribution >= 4 is 28.2 Å². The highest BCUT2D eigenvalue weighted by Crippen LogP contribution is 2.26. The van der Waals surface area contributed by atoms with Crippen LogP contribution in [0.2, 0.25) is 0 Å². The Balaban J connectivity index is 2.29. The molecule has 0 unspecified atom stereocenters. The molecule has 0 aliphatic carbocycles. The van der Waals surface area contributed by atoms with Gasteiger partial charge < -0.3 is 0 Å². The van der Waals surface area contributed by atoms with Crippen LogP contribution in [0.3, 0.4) is 0 Å². The summed E-state index contributed by atoms with van der Waals surface area (Å²) in [6.07, 6.45) is 0. The molecule has 1 nitrogen and oxygen atoms in total. The van der Waals surface area contributed by atoms with Gasteiger partial charge in [0.2, 0.25) is 0 Å². The van der Waals surface area contributed by atoms with Gasteiger partial charge in [-0.3, -0.25) is 4.79 Å². The van der Waals surface area contributed by atoms with Crippen molar-refractivity contribution in [2.45, 2.75) is 11.8 Å². The van der Waals surface area contributed by atoms with Crippen LogP contribution < -0.4 is 0 Å². The minimum absolute atomic E-state index is 0.0957. The minimum atomic E-state index is 0.0957. The van der Waals surface area contributed by atoms with Gasteiger partial charge in [-0.25, -0.2) is 0 Å². The second-order valence-electron chi connectivity index (χ2n) is 3.75. The summed E-state index contributed by atoms with van der Waals surface area (Å²) in [4.78, 5) is 12.3. The zero-order valence-electron chi connectivity index (χ0n) is 9.38. The topological polar surface area (TPSA) is 17.1 Å². The van der Waals surface area contributed by atoms with E-state index in [2.05, 4.69) is 23.8 Å². The fraction of sp³-hybridized carbons (Fsp3) is 0.0714. The molecule has 0 bridgehead atoms. The van der Waals surface area contributed by atoms with E-state index in [0.29, 0.717) is 0 Å². The Labute approximate surface area is 110 Å². The molecule has 86 valence electrons. The van der Waals surface area contributed by atoms with E-state index in [0.717, 1.165) is 21.6 Å². The van der Waals surface area contributed by atoms with Crippen LogP contribution in [0.25, 0.3) is 11.1 Å². The fourth-order valence-electron chi connectivity index (χ4n) is 1.61. The van der Waals surface area contributed by atoms with Gasteiger partial charge in [-0.1, -0.05) is 47.2 Å². The first kappa shape index (κ1) is 12.3. The molecule has 0 heterocycles. The molecule has 0 N–H and O–H groups in total. The number of hydrogen-bond donors (Lipinski definition) is 1. The largest absolute Gasteiger partial charge is 0.295 e. The molecule has 0 fully saturated rings. The van der Waals surface area contributed by atoms with E-state index in [1.807, 2.05) is 36.4 Å². The van der Waals surface area contributed by atoms with Crippen molar-refractivity contribution < 1.29 is 4.79 Å². The average molecular weight is 260 g/mol. The summed E-state index contributed by atoms with van der Waals surface area (Å²) in [5, 5.41) is 0. The van der Waals surface area contributed by atoms with Crippen molar-refractivity contribution in [3.8, 4) is 11.1 Å². The number of ketones is 1. The second-order valence-corrected chi connectivity index (χ2v) is 4.95. The second kappa shape index (κ2) is 5.43. The molecule has 0 radical (unpaired) electrons. The molecule has 3 heteroatoms. The van der Waals surface area contributed by atoms with Crippen molar-refractivity contribution in [2.75, 3.05) is 0 Å². The predicted octanol–water partition coefficient (Wildman–Crippen LogP) is 4.49. The third-order valence-corrected chi connectivity index (χ3v) is 3.70. The first-order valence-electron chi connectivity index (χ1n) is 5.23. The lowest BCUT2D eigenvalue weighted by Crippen LogP contribution is -1.90. The summed E-state index contributed by atoms with van der Waals surface area (Å²) < 4.78 is 0. The lowest BCUT2D eigenvalue weighted by Gasteiger charge is -2.03. The normalized spacial score (nSPS) is 10.2. The molecule has 2 aromatic rings. The van der Waals surface area contributed by atoms with Crippen LogP contribution in [0, 0.1) is 0 Å². The number of carbonyl (C=O) groups excluding carboxylic acids is 1. The smallest absolute Gasteiger partial charge is 0.159 e. The van der Waals surface area contributed by atoms with Crippen molar-refractivity contribution in [3.63, 3.8) is 0 Å². The van der Waals surface area contributed by atoms with E-state index >= 15 is 0 Å². The molecule has 0 aliphatic rings. The van der Waals surface area contributed by atoms with Crippen LogP contribution in [0.1, 0.15) is 17.3 Å².